The molecule has 0 fully saturated rings. The first-order valence-electron chi connectivity index (χ1n) is 11.5. The molecule has 4 aromatic heterocycles. The first kappa shape index (κ1) is 24.2. The van der Waals surface area contributed by atoms with Gasteiger partial charge in [-0.05, 0) is 24.6 Å². The number of nitrogens with one attached hydrogen (secondary N) is 3. The summed E-state index contributed by atoms with van der Waals surface area (Å²) < 4.78 is 14.9. The minimum Gasteiger partial charge on any atom is -0.346 e. The molecule has 0 bridgehead atoms. The molecule has 0 saturated carbocycles. The van der Waals surface area contributed by atoms with Crippen LogP contribution < -0.4 is 10.6 Å². The molecule has 3 N–H and O–H groups in total. The van der Waals surface area contributed by atoms with E-state index in [0.717, 1.165) is 16.8 Å². The lowest BCUT2D eigenvalue weighted by Gasteiger charge is -2.09. The number of nitrogens with zero attached hydrogens (tertiary/aromatic N) is 6. The number of H-pyrrole nitrogens is 1. The van der Waals surface area contributed by atoms with E-state index in [2.05, 4.69) is 40.5 Å². The minimum absolute atomic E-state index is 0.152. The Kier molecular flexibility index (Phi) is 6.77. The maximum Gasteiger partial charge on any atom is 0.273 e. The number of aromatic amines is 1. The summed E-state index contributed by atoms with van der Waals surface area (Å²) in [7, 11) is 0. The number of aromatic nitrogens is 6. The number of rotatable bonds is 7. The van der Waals surface area contributed by atoms with Crippen molar-refractivity contribution in [3.8, 4) is 28.7 Å². The number of aryl methyl sites for hydroxylation is 1. The third kappa shape index (κ3) is 5.50. The Morgan fingerprint density at radius 1 is 1.00 bits per heavy atom. The average Bonchev–Trinajstić information content (AvgIpc) is 3.39. The van der Waals surface area contributed by atoms with Gasteiger partial charge >= 0.3 is 0 Å². The number of halogens is 1. The number of hydrogen-bond donors (Lipinski definition) is 3. The van der Waals surface area contributed by atoms with E-state index in [1.807, 2.05) is 48.5 Å². The van der Waals surface area contributed by atoms with E-state index in [-0.39, 0.29) is 23.9 Å². The standard InChI is InChI=1S/C27H20FN9O/c1-16-9-22(35-24-15-31-23(11-29)36-24)37-26(34-16)19-10-20(28)25(32-14-19)27(38)33-13-17-7-8-21(30-12-17)18-5-3-2-4-6-18/h2-10,12,14-15H,13H2,1H3,(H,31,36)(H,33,38)(H,34,35,37). The summed E-state index contributed by atoms with van der Waals surface area (Å²) in [6.45, 7) is 1.93. The Morgan fingerprint density at radius 2 is 1.84 bits per heavy atom. The normalized spacial score (nSPS) is 10.6. The van der Waals surface area contributed by atoms with Crippen LogP contribution in [0.3, 0.4) is 0 Å². The quantitative estimate of drug-likeness (QED) is 0.297. The molecular weight excluding hydrogens is 485 g/mol. The third-order valence-corrected chi connectivity index (χ3v) is 5.46. The van der Waals surface area contributed by atoms with Crippen molar-refractivity contribution >= 4 is 17.5 Å². The predicted octanol–water partition coefficient (Wildman–Crippen LogP) is 4.32. The van der Waals surface area contributed by atoms with Crippen molar-refractivity contribution in [2.45, 2.75) is 13.5 Å². The van der Waals surface area contributed by atoms with Crippen LogP contribution in [-0.4, -0.2) is 35.8 Å². The van der Waals surface area contributed by atoms with E-state index in [4.69, 9.17) is 5.26 Å². The van der Waals surface area contributed by atoms with Gasteiger partial charge in [0.1, 0.15) is 17.7 Å². The number of benzene rings is 1. The second kappa shape index (κ2) is 10.6. The first-order valence-corrected chi connectivity index (χ1v) is 11.5. The van der Waals surface area contributed by atoms with Gasteiger partial charge < -0.3 is 15.6 Å². The van der Waals surface area contributed by atoms with Crippen molar-refractivity contribution in [2.75, 3.05) is 5.32 Å². The predicted molar refractivity (Wildman–Crippen MR) is 137 cm³/mol. The summed E-state index contributed by atoms with van der Waals surface area (Å²) in [4.78, 5) is 36.5. The van der Waals surface area contributed by atoms with Gasteiger partial charge in [-0.15, -0.1) is 0 Å². The number of carbonyl (C=O) groups is 1. The van der Waals surface area contributed by atoms with Gasteiger partial charge in [-0.25, -0.2) is 24.3 Å². The third-order valence-electron chi connectivity index (χ3n) is 5.46. The molecule has 0 spiro atoms. The highest BCUT2D eigenvalue weighted by molar-refractivity contribution is 5.92. The number of carbonyl (C=O) groups excluding carboxylic acids is 1. The van der Waals surface area contributed by atoms with E-state index < -0.39 is 11.7 Å². The Hall–Kier alpha value is -5.50. The smallest absolute Gasteiger partial charge is 0.273 e. The van der Waals surface area contributed by atoms with Crippen molar-refractivity contribution in [1.29, 1.82) is 5.26 Å². The molecule has 186 valence electrons. The average molecular weight is 506 g/mol. The minimum atomic E-state index is -0.801. The number of amides is 1. The van der Waals surface area contributed by atoms with Crippen molar-refractivity contribution < 1.29 is 9.18 Å². The van der Waals surface area contributed by atoms with E-state index in [1.165, 1.54) is 18.5 Å². The molecular formula is C27H20FN9O. The summed E-state index contributed by atoms with van der Waals surface area (Å²) in [5.41, 5.74) is 3.15. The molecule has 0 aliphatic rings. The topological polar surface area (TPSA) is 145 Å². The number of hydrogen-bond acceptors (Lipinski definition) is 8. The fraction of sp³-hybridized carbons (Fsp3) is 0.0741. The molecule has 4 heterocycles. The summed E-state index contributed by atoms with van der Waals surface area (Å²) in [5.74, 6) is -0.207. The van der Waals surface area contributed by atoms with E-state index in [9.17, 15) is 9.18 Å². The van der Waals surface area contributed by atoms with Crippen LogP contribution in [0.15, 0.2) is 73.2 Å². The highest BCUT2D eigenvalue weighted by Crippen LogP contribution is 2.21. The number of imidazole rings is 1. The van der Waals surface area contributed by atoms with Crippen LogP contribution in [0, 0.1) is 24.1 Å². The Balaban J connectivity index is 1.27. The molecule has 0 atom stereocenters. The summed E-state index contributed by atoms with van der Waals surface area (Å²) in [6, 6.07) is 18.2. The lowest BCUT2D eigenvalue weighted by Crippen LogP contribution is -2.25. The van der Waals surface area contributed by atoms with Crippen molar-refractivity contribution in [1.82, 2.24) is 35.2 Å². The van der Waals surface area contributed by atoms with Gasteiger partial charge in [0.25, 0.3) is 5.91 Å². The summed E-state index contributed by atoms with van der Waals surface area (Å²) >= 11 is 0. The molecule has 11 heteroatoms. The van der Waals surface area contributed by atoms with Gasteiger partial charge in [0, 0.05) is 41.8 Å². The molecule has 38 heavy (non-hydrogen) atoms. The molecule has 0 saturated heterocycles. The highest BCUT2D eigenvalue weighted by atomic mass is 19.1. The maximum atomic E-state index is 14.9. The van der Waals surface area contributed by atoms with Crippen LogP contribution in [0.5, 0.6) is 0 Å². The lowest BCUT2D eigenvalue weighted by atomic mass is 10.1. The van der Waals surface area contributed by atoms with E-state index in [0.29, 0.717) is 22.9 Å². The maximum absolute atomic E-state index is 14.9. The van der Waals surface area contributed by atoms with E-state index in [1.54, 1.807) is 19.2 Å². The second-order valence-electron chi connectivity index (χ2n) is 8.26. The summed E-state index contributed by atoms with van der Waals surface area (Å²) in [5, 5.41) is 14.6. The van der Waals surface area contributed by atoms with Crippen LogP contribution in [-0.2, 0) is 6.54 Å². The molecule has 5 rings (SSSR count). The van der Waals surface area contributed by atoms with Crippen LogP contribution >= 0.6 is 0 Å². The fourth-order valence-electron chi connectivity index (χ4n) is 3.64. The largest absolute Gasteiger partial charge is 0.346 e. The zero-order valence-corrected chi connectivity index (χ0v) is 20.1. The SMILES string of the molecule is Cc1cc(Nc2cnc(C#N)[nH]2)nc(-c2cnc(C(=O)NCc3ccc(-c4ccccc4)nc3)c(F)c2)n1. The zero-order valence-electron chi connectivity index (χ0n) is 20.1. The van der Waals surface area contributed by atoms with Gasteiger partial charge in [-0.2, -0.15) is 5.26 Å². The molecule has 0 aliphatic carbocycles. The van der Waals surface area contributed by atoms with Crippen molar-refractivity contribution in [3.63, 3.8) is 0 Å². The van der Waals surface area contributed by atoms with Gasteiger partial charge in [0.2, 0.25) is 5.82 Å². The monoisotopic (exact) mass is 505 g/mol. The Bertz CT molecular complexity index is 1640. The van der Waals surface area contributed by atoms with Crippen LogP contribution in [0.2, 0.25) is 0 Å². The van der Waals surface area contributed by atoms with Crippen LogP contribution in [0.4, 0.5) is 16.0 Å². The molecule has 1 amide bonds. The number of anilines is 2. The van der Waals surface area contributed by atoms with Crippen LogP contribution in [0.25, 0.3) is 22.6 Å². The molecule has 0 radical (unpaired) electrons. The van der Waals surface area contributed by atoms with E-state index >= 15 is 0 Å². The highest BCUT2D eigenvalue weighted by Gasteiger charge is 2.16. The molecule has 0 aliphatic heterocycles. The fourth-order valence-corrected chi connectivity index (χ4v) is 3.64. The number of pyridine rings is 2. The first-order chi connectivity index (χ1) is 18.5. The van der Waals surface area contributed by atoms with Crippen molar-refractivity contribution in [3.05, 3.63) is 102 Å². The Morgan fingerprint density at radius 3 is 2.55 bits per heavy atom. The Labute approximate surface area is 216 Å². The van der Waals surface area contributed by atoms with Gasteiger partial charge in [0.05, 0.1) is 11.9 Å². The number of nitriles is 1. The van der Waals surface area contributed by atoms with Gasteiger partial charge in [0.15, 0.2) is 17.3 Å². The lowest BCUT2D eigenvalue weighted by molar-refractivity contribution is 0.0941. The molecule has 1 aromatic carbocycles. The second-order valence-corrected chi connectivity index (χ2v) is 8.26. The van der Waals surface area contributed by atoms with Crippen LogP contribution in [0.1, 0.15) is 27.6 Å². The van der Waals surface area contributed by atoms with Gasteiger partial charge in [-0.3, -0.25) is 9.78 Å². The van der Waals surface area contributed by atoms with Gasteiger partial charge in [-0.1, -0.05) is 36.4 Å². The molecule has 5 aromatic rings. The zero-order chi connectivity index (χ0) is 26.5. The summed E-state index contributed by atoms with van der Waals surface area (Å²) in [6.07, 6.45) is 4.47. The van der Waals surface area contributed by atoms with Crippen molar-refractivity contribution in [2.24, 2.45) is 0 Å². The molecule has 10 nitrogen and oxygen atoms in total. The molecule has 0 unspecified atom stereocenters.